The van der Waals surface area contributed by atoms with Crippen LogP contribution in [0.25, 0.3) is 11.1 Å². The topological polar surface area (TPSA) is 101 Å². The Kier molecular flexibility index (Phi) is 8.74. The first-order valence-corrected chi connectivity index (χ1v) is 12.8. The fourth-order valence-electron chi connectivity index (χ4n) is 4.42. The minimum Gasteiger partial charge on any atom is -0.444 e. The van der Waals surface area contributed by atoms with Crippen molar-refractivity contribution < 1.29 is 19.4 Å². The van der Waals surface area contributed by atoms with Crippen molar-refractivity contribution in [3.63, 3.8) is 0 Å². The van der Waals surface area contributed by atoms with Gasteiger partial charge in [0.15, 0.2) is 0 Å². The molecule has 1 heterocycles. The Morgan fingerprint density at radius 2 is 1.46 bits per heavy atom. The Morgan fingerprint density at radius 3 is 2.00 bits per heavy atom. The maximum atomic E-state index is 13.8. The second-order valence-electron chi connectivity index (χ2n) is 10.2. The van der Waals surface area contributed by atoms with Gasteiger partial charge < -0.3 is 20.5 Å². The van der Waals surface area contributed by atoms with Crippen molar-refractivity contribution in [2.75, 3.05) is 5.32 Å². The number of ether oxygens (including phenoxy) is 1. The molecule has 0 saturated carbocycles. The van der Waals surface area contributed by atoms with Crippen molar-refractivity contribution in [2.24, 2.45) is 0 Å². The molecular formula is C32H33N3O4. The summed E-state index contributed by atoms with van der Waals surface area (Å²) in [7, 11) is 0. The molecule has 0 fully saturated rings. The van der Waals surface area contributed by atoms with Crippen LogP contribution in [0.15, 0.2) is 103 Å². The largest absolute Gasteiger partial charge is 0.444 e. The number of benzene rings is 3. The third-order valence-electron chi connectivity index (χ3n) is 6.14. The summed E-state index contributed by atoms with van der Waals surface area (Å²) in [6.07, 6.45) is 2.62. The van der Waals surface area contributed by atoms with Gasteiger partial charge in [-0.05, 0) is 61.2 Å². The van der Waals surface area contributed by atoms with Crippen LogP contribution in [0.5, 0.6) is 0 Å². The van der Waals surface area contributed by atoms with Crippen molar-refractivity contribution in [3.05, 3.63) is 120 Å². The molecule has 0 aliphatic rings. The van der Waals surface area contributed by atoms with Gasteiger partial charge >= 0.3 is 6.09 Å². The molecule has 39 heavy (non-hydrogen) atoms. The number of hydrogen-bond donors (Lipinski definition) is 3. The second-order valence-corrected chi connectivity index (χ2v) is 10.2. The van der Waals surface area contributed by atoms with E-state index in [1.807, 2.05) is 78.9 Å². The monoisotopic (exact) mass is 523 g/mol. The van der Waals surface area contributed by atoms with Gasteiger partial charge in [-0.2, -0.15) is 0 Å². The Morgan fingerprint density at radius 1 is 0.872 bits per heavy atom. The zero-order valence-corrected chi connectivity index (χ0v) is 22.3. The molecule has 200 valence electrons. The van der Waals surface area contributed by atoms with Crippen LogP contribution in [0.3, 0.4) is 0 Å². The van der Waals surface area contributed by atoms with E-state index in [0.717, 1.165) is 22.3 Å². The lowest BCUT2D eigenvalue weighted by Gasteiger charge is -2.29. The van der Waals surface area contributed by atoms with Gasteiger partial charge in [-0.25, -0.2) is 4.79 Å². The highest BCUT2D eigenvalue weighted by Gasteiger charge is 2.34. The van der Waals surface area contributed by atoms with Crippen LogP contribution >= 0.6 is 0 Å². The minimum atomic E-state index is -0.967. The van der Waals surface area contributed by atoms with Gasteiger partial charge in [0.2, 0.25) is 5.91 Å². The van der Waals surface area contributed by atoms with Crippen LogP contribution in [-0.4, -0.2) is 33.7 Å². The van der Waals surface area contributed by atoms with Gasteiger partial charge in [-0.3, -0.25) is 9.78 Å². The summed E-state index contributed by atoms with van der Waals surface area (Å²) in [6.45, 7) is 5.21. The van der Waals surface area contributed by atoms with Gasteiger partial charge in [-0.1, -0.05) is 72.8 Å². The van der Waals surface area contributed by atoms with Gasteiger partial charge in [-0.15, -0.1) is 0 Å². The lowest BCUT2D eigenvalue weighted by atomic mass is 9.84. The molecule has 0 spiro atoms. The molecule has 4 rings (SSSR count). The predicted octanol–water partition coefficient (Wildman–Crippen LogP) is 5.90. The molecule has 2 amide bonds. The average Bonchev–Trinajstić information content (AvgIpc) is 2.93. The molecule has 0 saturated heterocycles. The molecule has 0 unspecified atom stereocenters. The summed E-state index contributed by atoms with van der Waals surface area (Å²) in [5, 5.41) is 15.5. The Labute approximate surface area is 228 Å². The lowest BCUT2D eigenvalue weighted by molar-refractivity contribution is -0.118. The Hall–Kier alpha value is -4.49. The van der Waals surface area contributed by atoms with E-state index in [1.54, 1.807) is 45.3 Å². The van der Waals surface area contributed by atoms with Crippen LogP contribution in [0.2, 0.25) is 0 Å². The summed E-state index contributed by atoms with van der Waals surface area (Å²) in [5.41, 5.74) is 4.06. The van der Waals surface area contributed by atoms with E-state index >= 15 is 0 Å². The number of nitrogens with zero attached hydrogens (tertiary/aromatic N) is 1. The summed E-state index contributed by atoms with van der Waals surface area (Å²) in [4.78, 5) is 30.8. The predicted molar refractivity (Wildman–Crippen MR) is 152 cm³/mol. The fraction of sp³-hybridized carbons (Fsp3) is 0.219. The first-order valence-electron chi connectivity index (χ1n) is 12.8. The molecule has 7 heteroatoms. The van der Waals surface area contributed by atoms with Crippen molar-refractivity contribution in [1.82, 2.24) is 10.3 Å². The van der Waals surface area contributed by atoms with Crippen LogP contribution in [-0.2, 0) is 16.1 Å². The van der Waals surface area contributed by atoms with Gasteiger partial charge in [0.1, 0.15) is 11.6 Å². The normalized spacial score (nSPS) is 12.0. The van der Waals surface area contributed by atoms with E-state index in [1.165, 1.54) is 0 Å². The Bertz CT molecular complexity index is 1350. The van der Waals surface area contributed by atoms with Crippen molar-refractivity contribution in [1.29, 1.82) is 0 Å². The lowest BCUT2D eigenvalue weighted by Crippen LogP contribution is -2.49. The fourth-order valence-corrected chi connectivity index (χ4v) is 4.42. The van der Waals surface area contributed by atoms with E-state index in [-0.39, 0.29) is 12.5 Å². The summed E-state index contributed by atoms with van der Waals surface area (Å²) in [6, 6.07) is 27.4. The van der Waals surface area contributed by atoms with Crippen LogP contribution in [0, 0.1) is 0 Å². The molecule has 1 aromatic heterocycles. The number of carbonyl (C=O) groups excluding carboxylic acids is 2. The molecule has 0 aliphatic heterocycles. The maximum absolute atomic E-state index is 13.8. The number of aliphatic hydroxyl groups excluding tert-OH is 1. The van der Waals surface area contributed by atoms with E-state index in [4.69, 9.17) is 4.74 Å². The zero-order chi connectivity index (χ0) is 27.8. The van der Waals surface area contributed by atoms with Crippen LogP contribution in [0.4, 0.5) is 10.5 Å². The smallest absolute Gasteiger partial charge is 0.408 e. The van der Waals surface area contributed by atoms with Crippen LogP contribution < -0.4 is 10.6 Å². The minimum absolute atomic E-state index is 0.125. The molecule has 0 aliphatic carbocycles. The highest BCUT2D eigenvalue weighted by atomic mass is 16.6. The number of aromatic nitrogens is 1. The number of aliphatic hydroxyl groups is 1. The van der Waals surface area contributed by atoms with Gasteiger partial charge in [0, 0.05) is 29.6 Å². The molecule has 7 nitrogen and oxygen atoms in total. The van der Waals surface area contributed by atoms with Gasteiger partial charge in [0.25, 0.3) is 0 Å². The third kappa shape index (κ3) is 7.30. The molecule has 0 bridgehead atoms. The van der Waals surface area contributed by atoms with Gasteiger partial charge in [0.05, 0.1) is 6.61 Å². The number of anilines is 1. The highest BCUT2D eigenvalue weighted by molar-refractivity contribution is 5.98. The molecule has 4 aromatic rings. The van der Waals surface area contributed by atoms with E-state index in [0.29, 0.717) is 11.3 Å². The summed E-state index contributed by atoms with van der Waals surface area (Å²) < 4.78 is 5.52. The van der Waals surface area contributed by atoms with E-state index in [2.05, 4.69) is 15.6 Å². The number of amides is 2. The summed E-state index contributed by atoms with van der Waals surface area (Å²) in [5.74, 6) is -0.852. The first kappa shape index (κ1) is 27.5. The standard InChI is InChI=1S/C32H33N3O4/c1-32(2,3)39-31(38)35-29(28(23-10-6-4-7-11-23)24-12-8-5-9-13-24)30(37)34-26-16-14-22(15-17-26)27-18-19-33-20-25(27)21-36/h4-20,28-29,36H,21H2,1-3H3,(H,34,37)(H,35,38)/t29-/m0/s1. The first-order chi connectivity index (χ1) is 18.7. The number of hydrogen-bond acceptors (Lipinski definition) is 5. The van der Waals surface area contributed by atoms with E-state index in [9.17, 15) is 14.7 Å². The number of pyridine rings is 1. The molecule has 0 radical (unpaired) electrons. The van der Waals surface area contributed by atoms with Crippen LogP contribution in [0.1, 0.15) is 43.4 Å². The zero-order valence-electron chi connectivity index (χ0n) is 22.3. The molecule has 3 aromatic carbocycles. The number of carbonyl (C=O) groups is 2. The van der Waals surface area contributed by atoms with Crippen molar-refractivity contribution in [3.8, 4) is 11.1 Å². The average molecular weight is 524 g/mol. The third-order valence-corrected chi connectivity index (χ3v) is 6.14. The number of nitrogens with one attached hydrogen (secondary N) is 2. The molecule has 1 atom stereocenters. The quantitative estimate of drug-likeness (QED) is 0.267. The second kappa shape index (κ2) is 12.4. The number of rotatable bonds is 8. The van der Waals surface area contributed by atoms with E-state index < -0.39 is 23.7 Å². The molecular weight excluding hydrogens is 490 g/mol. The van der Waals surface area contributed by atoms with Crippen molar-refractivity contribution >= 4 is 17.7 Å². The highest BCUT2D eigenvalue weighted by Crippen LogP contribution is 2.30. The van der Waals surface area contributed by atoms with Crippen molar-refractivity contribution in [2.45, 2.75) is 44.9 Å². The Balaban J connectivity index is 1.66. The SMILES string of the molecule is CC(C)(C)OC(=O)N[C@H](C(=O)Nc1ccc(-c2ccncc2CO)cc1)C(c1ccccc1)c1ccccc1. The maximum Gasteiger partial charge on any atom is 0.408 e. The summed E-state index contributed by atoms with van der Waals surface area (Å²) >= 11 is 0. The molecule has 3 N–H and O–H groups in total. The number of alkyl carbamates (subject to hydrolysis) is 1.